The third-order valence-electron chi connectivity index (χ3n) is 13.0. The molecule has 2 nitrogen and oxygen atoms in total. The summed E-state index contributed by atoms with van der Waals surface area (Å²) >= 11 is 0. The van der Waals surface area contributed by atoms with Crippen LogP contribution in [0.2, 0.25) is 0 Å². The second kappa shape index (κ2) is 9.21. The monoisotopic (exact) mass is 578 g/mol. The van der Waals surface area contributed by atoms with Crippen LogP contribution in [0.25, 0.3) is 0 Å². The Hall–Kier alpha value is -3.14. The molecule has 10 rings (SSSR count). The fraction of sp³-hybridized carbons (Fsp3) is 0.415. The molecule has 3 heteroatoms. The van der Waals surface area contributed by atoms with Gasteiger partial charge in [-0.15, -0.1) is 0 Å². The molecule has 5 aliphatic carbocycles. The van der Waals surface area contributed by atoms with E-state index in [1.807, 2.05) is 0 Å². The van der Waals surface area contributed by atoms with Gasteiger partial charge in [0.05, 0.1) is 16.6 Å². The first-order valence-electron chi connectivity index (χ1n) is 17.0. The largest absolute Gasteiger partial charge is 0.494 e. The van der Waals surface area contributed by atoms with Crippen LogP contribution >= 0.6 is 0 Å². The van der Waals surface area contributed by atoms with Gasteiger partial charge < -0.3 is 9.31 Å². The average Bonchev–Trinajstić information content (AvgIpc) is 3.25. The van der Waals surface area contributed by atoms with E-state index >= 15 is 0 Å². The Morgan fingerprint density at radius 3 is 1.55 bits per heavy atom. The molecule has 0 radical (unpaired) electrons. The molecule has 4 bridgehead atoms. The van der Waals surface area contributed by atoms with E-state index in [1.54, 1.807) is 11.1 Å². The predicted octanol–water partition coefficient (Wildman–Crippen LogP) is 8.42. The maximum absolute atomic E-state index is 6.70. The first-order valence-corrected chi connectivity index (χ1v) is 17.0. The number of rotatable bonds is 3. The van der Waals surface area contributed by atoms with Crippen LogP contribution < -0.4 is 5.46 Å². The molecule has 44 heavy (non-hydrogen) atoms. The molecule has 222 valence electrons. The van der Waals surface area contributed by atoms with Gasteiger partial charge in [-0.25, -0.2) is 0 Å². The first-order chi connectivity index (χ1) is 21.2. The van der Waals surface area contributed by atoms with Crippen LogP contribution in [-0.2, 0) is 20.1 Å². The zero-order valence-corrected chi connectivity index (χ0v) is 26.6. The fourth-order valence-electron chi connectivity index (χ4n) is 10.8. The summed E-state index contributed by atoms with van der Waals surface area (Å²) in [4.78, 5) is 0. The van der Waals surface area contributed by atoms with Gasteiger partial charge in [-0.1, -0.05) is 103 Å². The molecule has 0 unspecified atom stereocenters. The highest BCUT2D eigenvalue weighted by molar-refractivity contribution is 6.62. The van der Waals surface area contributed by atoms with E-state index in [9.17, 15) is 0 Å². The lowest BCUT2D eigenvalue weighted by Gasteiger charge is -2.65. The highest BCUT2D eigenvalue weighted by atomic mass is 16.7. The molecule has 0 aromatic heterocycles. The SMILES string of the molecule is CC1(C)OB(c2ccc3c(c2)C(c2ccccc2)(c2ccccc2)c2ccccc2C32C3CC4CC(C3)CC2C4)OC1(C)C. The van der Waals surface area contributed by atoms with Crippen molar-refractivity contribution in [3.05, 3.63) is 137 Å². The lowest BCUT2D eigenvalue weighted by atomic mass is 9.38. The minimum Gasteiger partial charge on any atom is -0.399 e. The van der Waals surface area contributed by atoms with Crippen LogP contribution in [0.4, 0.5) is 0 Å². The molecule has 1 heterocycles. The molecule has 5 fully saturated rings. The van der Waals surface area contributed by atoms with Crippen LogP contribution in [-0.4, -0.2) is 18.3 Å². The first kappa shape index (κ1) is 27.2. The third-order valence-corrected chi connectivity index (χ3v) is 13.0. The molecule has 0 atom stereocenters. The standard InChI is InChI=1S/C41H43BO2/c1-38(2)39(3,4)44-42(43-38)33-19-20-36-37(26-33)40(29-13-7-5-8-14-29,30-15-9-6-10-16-30)34-17-11-12-18-35(34)41(36)31-22-27-21-28(24-31)25-32(41)23-27/h5-20,26-28,31-32H,21-25H2,1-4H3. The molecule has 4 aromatic carbocycles. The van der Waals surface area contributed by atoms with Gasteiger partial charge in [-0.05, 0) is 122 Å². The van der Waals surface area contributed by atoms with Crippen LogP contribution in [0.3, 0.4) is 0 Å². The Kier molecular flexibility index (Phi) is 5.69. The Balaban J connectivity index is 1.38. The fourth-order valence-corrected chi connectivity index (χ4v) is 10.8. The van der Waals surface area contributed by atoms with Crippen molar-refractivity contribution in [1.29, 1.82) is 0 Å². The van der Waals surface area contributed by atoms with Crippen molar-refractivity contribution in [1.82, 2.24) is 0 Å². The minimum atomic E-state index is -0.450. The lowest BCUT2D eigenvalue weighted by Crippen LogP contribution is -2.59. The van der Waals surface area contributed by atoms with Crippen molar-refractivity contribution in [3.8, 4) is 0 Å². The molecule has 4 saturated carbocycles. The van der Waals surface area contributed by atoms with Gasteiger partial charge in [-0.2, -0.15) is 0 Å². The van der Waals surface area contributed by atoms with E-state index in [0.717, 1.165) is 17.3 Å². The van der Waals surface area contributed by atoms with Gasteiger partial charge in [0.25, 0.3) is 0 Å². The normalized spacial score (nSPS) is 31.6. The molecule has 6 aliphatic rings. The van der Waals surface area contributed by atoms with Crippen molar-refractivity contribution >= 4 is 12.6 Å². The van der Waals surface area contributed by atoms with Crippen molar-refractivity contribution in [2.45, 2.75) is 81.8 Å². The van der Waals surface area contributed by atoms with Crippen molar-refractivity contribution in [3.63, 3.8) is 0 Å². The topological polar surface area (TPSA) is 18.5 Å². The molecule has 0 amide bonds. The number of fused-ring (bicyclic) bond motifs is 2. The second-order valence-electron chi connectivity index (χ2n) is 15.6. The third kappa shape index (κ3) is 3.41. The summed E-state index contributed by atoms with van der Waals surface area (Å²) in [5.74, 6) is 3.17. The van der Waals surface area contributed by atoms with E-state index in [4.69, 9.17) is 9.31 Å². The Morgan fingerprint density at radius 2 is 1.00 bits per heavy atom. The molecule has 1 spiro atoms. The van der Waals surface area contributed by atoms with Gasteiger partial charge in [0.15, 0.2) is 0 Å². The summed E-state index contributed by atoms with van der Waals surface area (Å²) in [6.45, 7) is 8.62. The number of hydrogen-bond donors (Lipinski definition) is 0. The van der Waals surface area contributed by atoms with Crippen molar-refractivity contribution in [2.75, 3.05) is 0 Å². The Morgan fingerprint density at radius 1 is 0.523 bits per heavy atom. The number of hydrogen-bond acceptors (Lipinski definition) is 2. The van der Waals surface area contributed by atoms with Crippen LogP contribution in [0.5, 0.6) is 0 Å². The summed E-state index contributed by atoms with van der Waals surface area (Å²) in [5.41, 5.74) is 8.60. The van der Waals surface area contributed by atoms with E-state index in [2.05, 4.69) is 131 Å². The summed E-state index contributed by atoms with van der Waals surface area (Å²) in [5, 5.41) is 0. The molecular formula is C41H43BO2. The molecule has 0 N–H and O–H groups in total. The molecule has 1 aliphatic heterocycles. The van der Waals surface area contributed by atoms with Gasteiger partial charge in [0.2, 0.25) is 0 Å². The molecule has 1 saturated heterocycles. The van der Waals surface area contributed by atoms with Crippen LogP contribution in [0, 0.1) is 23.7 Å². The average molecular weight is 579 g/mol. The summed E-state index contributed by atoms with van der Waals surface area (Å²) < 4.78 is 13.4. The Bertz CT molecular complexity index is 1660. The maximum Gasteiger partial charge on any atom is 0.494 e. The summed E-state index contributed by atoms with van der Waals surface area (Å²) in [6, 6.07) is 39.5. The van der Waals surface area contributed by atoms with Gasteiger partial charge in [0, 0.05) is 5.41 Å². The van der Waals surface area contributed by atoms with E-state index < -0.39 is 23.7 Å². The smallest absolute Gasteiger partial charge is 0.399 e. The quantitative estimate of drug-likeness (QED) is 0.227. The second-order valence-corrected chi connectivity index (χ2v) is 15.6. The lowest BCUT2D eigenvalue weighted by molar-refractivity contribution is -0.0440. The number of benzene rings is 4. The zero-order chi connectivity index (χ0) is 29.9. The highest BCUT2D eigenvalue weighted by Gasteiger charge is 2.64. The summed E-state index contributed by atoms with van der Waals surface area (Å²) in [6.07, 6.45) is 6.91. The summed E-state index contributed by atoms with van der Waals surface area (Å²) in [7, 11) is -0.402. The van der Waals surface area contributed by atoms with E-state index in [-0.39, 0.29) is 5.41 Å². The highest BCUT2D eigenvalue weighted by Crippen LogP contribution is 2.69. The Labute approximate surface area is 263 Å². The van der Waals surface area contributed by atoms with Crippen molar-refractivity contribution < 1.29 is 9.31 Å². The maximum atomic E-state index is 6.70. The van der Waals surface area contributed by atoms with Crippen LogP contribution in [0.15, 0.2) is 103 Å². The van der Waals surface area contributed by atoms with Crippen molar-refractivity contribution in [2.24, 2.45) is 23.7 Å². The molecular weight excluding hydrogens is 535 g/mol. The van der Waals surface area contributed by atoms with Gasteiger partial charge >= 0.3 is 7.12 Å². The minimum absolute atomic E-state index is 0.0425. The van der Waals surface area contributed by atoms with Crippen LogP contribution in [0.1, 0.15) is 93.2 Å². The zero-order valence-electron chi connectivity index (χ0n) is 26.6. The predicted molar refractivity (Wildman–Crippen MR) is 178 cm³/mol. The van der Waals surface area contributed by atoms with Gasteiger partial charge in [-0.3, -0.25) is 0 Å². The van der Waals surface area contributed by atoms with Gasteiger partial charge in [0.1, 0.15) is 0 Å². The van der Waals surface area contributed by atoms with E-state index in [0.29, 0.717) is 11.8 Å². The van der Waals surface area contributed by atoms with E-state index in [1.165, 1.54) is 54.4 Å². The molecule has 4 aromatic rings.